The van der Waals surface area contributed by atoms with Crippen LogP contribution in [0.5, 0.6) is 0 Å². The topological polar surface area (TPSA) is 29.3 Å². The average molecular weight is 252 g/mol. The van der Waals surface area contributed by atoms with Gasteiger partial charge in [-0.1, -0.05) is 33.1 Å². The third-order valence-electron chi connectivity index (χ3n) is 5.24. The molecule has 1 saturated carbocycles. The number of likely N-dealkylation sites (tertiary alicyclic amines) is 1. The Balaban J connectivity index is 2.05. The Morgan fingerprint density at radius 3 is 2.50 bits per heavy atom. The Labute approximate surface area is 113 Å². The zero-order valence-corrected chi connectivity index (χ0v) is 12.4. The van der Waals surface area contributed by atoms with Gasteiger partial charge in [-0.2, -0.15) is 0 Å². The van der Waals surface area contributed by atoms with Crippen LogP contribution in [0.1, 0.15) is 65.2 Å². The van der Waals surface area contributed by atoms with Crippen LogP contribution in [0.4, 0.5) is 0 Å². The highest BCUT2D eigenvalue weighted by molar-refractivity contribution is 4.90. The highest BCUT2D eigenvalue weighted by atomic mass is 15.2. The second-order valence-corrected chi connectivity index (χ2v) is 6.72. The number of rotatable bonds is 4. The van der Waals surface area contributed by atoms with E-state index in [9.17, 15) is 0 Å². The molecule has 2 heteroatoms. The fourth-order valence-corrected chi connectivity index (χ4v) is 4.29. The first kappa shape index (κ1) is 14.3. The number of hydrogen-bond donors (Lipinski definition) is 1. The number of piperidine rings is 1. The third-order valence-corrected chi connectivity index (χ3v) is 5.24. The summed E-state index contributed by atoms with van der Waals surface area (Å²) in [6.07, 6.45) is 11.2. The monoisotopic (exact) mass is 252 g/mol. The van der Waals surface area contributed by atoms with Crippen molar-refractivity contribution in [3.63, 3.8) is 0 Å². The summed E-state index contributed by atoms with van der Waals surface area (Å²) in [6, 6.07) is 1.64. The van der Waals surface area contributed by atoms with E-state index in [1.165, 1.54) is 57.9 Å². The predicted octanol–water partition coefficient (Wildman–Crippen LogP) is 3.40. The van der Waals surface area contributed by atoms with E-state index in [1.54, 1.807) is 0 Å². The fraction of sp³-hybridized carbons (Fsp3) is 1.00. The van der Waals surface area contributed by atoms with E-state index in [0.717, 1.165) is 30.5 Å². The van der Waals surface area contributed by atoms with Gasteiger partial charge < -0.3 is 5.73 Å². The van der Waals surface area contributed by atoms with Gasteiger partial charge in [-0.15, -0.1) is 0 Å². The van der Waals surface area contributed by atoms with Gasteiger partial charge in [-0.25, -0.2) is 0 Å². The smallest absolute Gasteiger partial charge is 0.0129 e. The van der Waals surface area contributed by atoms with Gasteiger partial charge in [-0.05, 0) is 57.0 Å². The van der Waals surface area contributed by atoms with E-state index in [2.05, 4.69) is 18.7 Å². The van der Waals surface area contributed by atoms with Crippen LogP contribution in [-0.2, 0) is 0 Å². The molecular weight excluding hydrogens is 220 g/mol. The van der Waals surface area contributed by atoms with E-state index in [4.69, 9.17) is 5.73 Å². The molecule has 1 aliphatic heterocycles. The maximum absolute atomic E-state index is 5.82. The molecule has 0 bridgehead atoms. The molecule has 0 radical (unpaired) electrons. The van der Waals surface area contributed by atoms with Crippen molar-refractivity contribution in [2.24, 2.45) is 17.6 Å². The minimum atomic E-state index is 0.785. The summed E-state index contributed by atoms with van der Waals surface area (Å²) < 4.78 is 0. The summed E-state index contributed by atoms with van der Waals surface area (Å²) in [5.41, 5.74) is 5.82. The standard InChI is InChI=1S/C16H32N2/c1-13(2)15-8-3-4-9-16(15)18-12-6-5-7-14(18)10-11-17/h13-16H,3-12,17H2,1-2H3. The van der Waals surface area contributed by atoms with Gasteiger partial charge in [0.05, 0.1) is 0 Å². The van der Waals surface area contributed by atoms with Crippen molar-refractivity contribution in [3.8, 4) is 0 Å². The van der Waals surface area contributed by atoms with E-state index in [-0.39, 0.29) is 0 Å². The highest BCUT2D eigenvalue weighted by Gasteiger charge is 2.35. The minimum absolute atomic E-state index is 0.785. The Kier molecular flexibility index (Phi) is 5.50. The van der Waals surface area contributed by atoms with Crippen molar-refractivity contribution < 1.29 is 0 Å². The first-order chi connectivity index (χ1) is 8.74. The number of hydrogen-bond acceptors (Lipinski definition) is 2. The van der Waals surface area contributed by atoms with Crippen LogP contribution in [0.2, 0.25) is 0 Å². The first-order valence-electron chi connectivity index (χ1n) is 8.20. The van der Waals surface area contributed by atoms with Crippen LogP contribution in [0.25, 0.3) is 0 Å². The molecule has 2 N–H and O–H groups in total. The molecule has 0 aromatic carbocycles. The Hall–Kier alpha value is -0.0800. The quantitative estimate of drug-likeness (QED) is 0.831. The maximum Gasteiger partial charge on any atom is 0.0129 e. The molecular formula is C16H32N2. The van der Waals surface area contributed by atoms with Gasteiger partial charge in [0.2, 0.25) is 0 Å². The van der Waals surface area contributed by atoms with Crippen LogP contribution in [0.3, 0.4) is 0 Å². The molecule has 106 valence electrons. The molecule has 3 atom stereocenters. The van der Waals surface area contributed by atoms with Crippen molar-refractivity contribution in [3.05, 3.63) is 0 Å². The van der Waals surface area contributed by atoms with Gasteiger partial charge in [0.15, 0.2) is 0 Å². The summed E-state index contributed by atoms with van der Waals surface area (Å²) in [5.74, 6) is 1.77. The molecule has 1 saturated heterocycles. The second kappa shape index (κ2) is 6.91. The van der Waals surface area contributed by atoms with Crippen LogP contribution in [0, 0.1) is 11.8 Å². The van der Waals surface area contributed by atoms with Gasteiger partial charge in [0, 0.05) is 12.1 Å². The molecule has 2 rings (SSSR count). The summed E-state index contributed by atoms with van der Waals surface area (Å²) in [6.45, 7) is 7.04. The zero-order valence-electron chi connectivity index (χ0n) is 12.4. The lowest BCUT2D eigenvalue weighted by Gasteiger charge is -2.47. The lowest BCUT2D eigenvalue weighted by atomic mass is 9.76. The average Bonchev–Trinajstić information content (AvgIpc) is 2.40. The molecule has 1 aliphatic carbocycles. The molecule has 0 aromatic rings. The van der Waals surface area contributed by atoms with Crippen LogP contribution in [0.15, 0.2) is 0 Å². The van der Waals surface area contributed by atoms with E-state index in [0.29, 0.717) is 0 Å². The van der Waals surface area contributed by atoms with E-state index < -0.39 is 0 Å². The Bertz CT molecular complexity index is 237. The Morgan fingerprint density at radius 1 is 1.06 bits per heavy atom. The molecule has 2 nitrogen and oxygen atoms in total. The van der Waals surface area contributed by atoms with Crippen LogP contribution >= 0.6 is 0 Å². The summed E-state index contributed by atoms with van der Waals surface area (Å²) in [5, 5.41) is 0. The van der Waals surface area contributed by atoms with Crippen LogP contribution < -0.4 is 5.73 Å². The number of nitrogens with two attached hydrogens (primary N) is 1. The molecule has 0 aromatic heterocycles. The molecule has 1 heterocycles. The van der Waals surface area contributed by atoms with E-state index >= 15 is 0 Å². The van der Waals surface area contributed by atoms with Crippen molar-refractivity contribution in [2.75, 3.05) is 13.1 Å². The molecule has 2 fully saturated rings. The van der Waals surface area contributed by atoms with Crippen LogP contribution in [-0.4, -0.2) is 30.1 Å². The Morgan fingerprint density at radius 2 is 1.78 bits per heavy atom. The number of nitrogens with zero attached hydrogens (tertiary/aromatic N) is 1. The van der Waals surface area contributed by atoms with Gasteiger partial charge in [-0.3, -0.25) is 4.90 Å². The maximum atomic E-state index is 5.82. The van der Waals surface area contributed by atoms with Crippen molar-refractivity contribution in [1.29, 1.82) is 0 Å². The highest BCUT2D eigenvalue weighted by Crippen LogP contribution is 2.36. The summed E-state index contributed by atoms with van der Waals surface area (Å²) in [4.78, 5) is 2.86. The third kappa shape index (κ3) is 3.27. The lowest BCUT2D eigenvalue weighted by molar-refractivity contribution is 0.0209. The predicted molar refractivity (Wildman–Crippen MR) is 78.6 cm³/mol. The molecule has 0 spiro atoms. The normalized spacial score (nSPS) is 35.0. The molecule has 0 amide bonds. The fourth-order valence-electron chi connectivity index (χ4n) is 4.29. The summed E-state index contributed by atoms with van der Waals surface area (Å²) in [7, 11) is 0. The largest absolute Gasteiger partial charge is 0.330 e. The second-order valence-electron chi connectivity index (χ2n) is 6.72. The molecule has 3 unspecified atom stereocenters. The van der Waals surface area contributed by atoms with Gasteiger partial charge in [0.1, 0.15) is 0 Å². The molecule has 2 aliphatic rings. The minimum Gasteiger partial charge on any atom is -0.330 e. The van der Waals surface area contributed by atoms with E-state index in [1.807, 2.05) is 0 Å². The van der Waals surface area contributed by atoms with Crippen molar-refractivity contribution in [2.45, 2.75) is 77.3 Å². The zero-order chi connectivity index (χ0) is 13.0. The van der Waals surface area contributed by atoms with Gasteiger partial charge >= 0.3 is 0 Å². The van der Waals surface area contributed by atoms with Crippen molar-refractivity contribution >= 4 is 0 Å². The van der Waals surface area contributed by atoms with Gasteiger partial charge in [0.25, 0.3) is 0 Å². The lowest BCUT2D eigenvalue weighted by Crippen LogP contribution is -2.52. The molecule has 18 heavy (non-hydrogen) atoms. The summed E-state index contributed by atoms with van der Waals surface area (Å²) >= 11 is 0. The SMILES string of the molecule is CC(C)C1CCCCC1N1CCCCC1CCN. The van der Waals surface area contributed by atoms with Crippen molar-refractivity contribution in [1.82, 2.24) is 4.90 Å². The first-order valence-corrected chi connectivity index (χ1v) is 8.20.